The average molecular weight is 617 g/mol. The first-order chi connectivity index (χ1) is 20.9. The molecule has 1 saturated heterocycles. The van der Waals surface area contributed by atoms with Crippen LogP contribution >= 0.6 is 0 Å². The number of Topliss-reactive ketones (excluding diaryl/α,β-unsaturated/α-hetero) is 1. The Hall–Kier alpha value is -3.96. The summed E-state index contributed by atoms with van der Waals surface area (Å²) in [6.07, 6.45) is -6.08. The number of aliphatic hydroxyl groups excluding tert-OH is 2. The number of amides is 1. The number of hydrogen-bond acceptors (Lipinski definition) is 14. The van der Waals surface area contributed by atoms with Crippen LogP contribution in [0.2, 0.25) is 0 Å². The molecule has 5 rings (SSSR count). The van der Waals surface area contributed by atoms with Crippen LogP contribution in [0.4, 0.5) is 0 Å². The lowest BCUT2D eigenvalue weighted by atomic mass is 9.72. The van der Waals surface area contributed by atoms with E-state index in [0.29, 0.717) is 0 Å². The van der Waals surface area contributed by atoms with Gasteiger partial charge in [0.25, 0.3) is 0 Å². The van der Waals surface area contributed by atoms with E-state index in [1.807, 2.05) is 0 Å². The Balaban J connectivity index is 1.61. The van der Waals surface area contributed by atoms with E-state index in [0.717, 1.165) is 0 Å². The third kappa shape index (κ3) is 5.11. The lowest BCUT2D eigenvalue weighted by Crippen LogP contribution is -2.56. The van der Waals surface area contributed by atoms with Crippen LogP contribution in [-0.2, 0) is 30.3 Å². The summed E-state index contributed by atoms with van der Waals surface area (Å²) in [6.45, 7) is -0.0511. The second-order valence-corrected chi connectivity index (χ2v) is 11.0. The zero-order chi connectivity index (χ0) is 32.1. The molecule has 1 heterocycles. The first kappa shape index (κ1) is 31.5. The van der Waals surface area contributed by atoms with Crippen molar-refractivity contribution in [2.24, 2.45) is 5.90 Å². The summed E-state index contributed by atoms with van der Waals surface area (Å²) in [5.41, 5.74) is -4.00. The molecule has 1 aliphatic heterocycles. The van der Waals surface area contributed by atoms with Crippen LogP contribution in [0.1, 0.15) is 68.8 Å². The molecule has 3 aliphatic rings. The average Bonchev–Trinajstić information content (AvgIpc) is 2.99. The van der Waals surface area contributed by atoms with Gasteiger partial charge in [0, 0.05) is 36.0 Å². The fraction of sp³-hybridized carbons (Fsp3) is 0.448. The highest BCUT2D eigenvalue weighted by Gasteiger charge is 2.50. The maximum atomic E-state index is 13.8. The van der Waals surface area contributed by atoms with Crippen LogP contribution in [0.3, 0.4) is 0 Å². The van der Waals surface area contributed by atoms with E-state index in [9.17, 15) is 44.7 Å². The molecule has 236 valence electrons. The van der Waals surface area contributed by atoms with Gasteiger partial charge in [0.1, 0.15) is 42.2 Å². The molecule has 0 bridgehead atoms. The number of benzene rings is 2. The molecule has 44 heavy (non-hydrogen) atoms. The topological polar surface area (TPSA) is 244 Å². The molecular formula is C29H32N2O13. The van der Waals surface area contributed by atoms with E-state index in [-0.39, 0.29) is 34.4 Å². The number of hydrogen-bond donors (Lipinski definition) is 7. The summed E-state index contributed by atoms with van der Waals surface area (Å²) in [4.78, 5) is 56.5. The van der Waals surface area contributed by atoms with Crippen LogP contribution in [0.5, 0.6) is 17.2 Å². The van der Waals surface area contributed by atoms with E-state index >= 15 is 0 Å². The second kappa shape index (κ2) is 11.9. The maximum Gasteiger partial charge on any atom is 0.248 e. The molecule has 15 heteroatoms. The zero-order valence-corrected chi connectivity index (χ0v) is 23.7. The Morgan fingerprint density at radius 2 is 1.84 bits per heavy atom. The van der Waals surface area contributed by atoms with Crippen LogP contribution in [0.25, 0.3) is 0 Å². The molecule has 8 N–H and O–H groups in total. The molecule has 0 aromatic heterocycles. The van der Waals surface area contributed by atoms with Crippen LogP contribution < -0.4 is 16.0 Å². The summed E-state index contributed by atoms with van der Waals surface area (Å²) in [6, 6.07) is 3.38. The highest BCUT2D eigenvalue weighted by molar-refractivity contribution is 6.31. The SMILES string of the molecule is COc1cccc2c1C(=O)c1c(O)c3c(c(O)c1C2=O)C[C@@](O)(C(=O)CO)C[C@@H]3OC1CC(NC(=O)CON)C(O)C(C)O1. The van der Waals surface area contributed by atoms with Gasteiger partial charge in [-0.1, -0.05) is 12.1 Å². The number of ketones is 3. The predicted molar refractivity (Wildman–Crippen MR) is 146 cm³/mol. The molecule has 4 unspecified atom stereocenters. The minimum Gasteiger partial charge on any atom is -0.507 e. The van der Waals surface area contributed by atoms with Crippen molar-refractivity contribution in [2.45, 2.75) is 62.4 Å². The van der Waals surface area contributed by atoms with Crippen molar-refractivity contribution in [3.05, 3.63) is 51.6 Å². The monoisotopic (exact) mass is 616 g/mol. The quantitative estimate of drug-likeness (QED) is 0.119. The Labute approximate surface area is 250 Å². The number of aromatic hydroxyl groups is 2. The third-order valence-corrected chi connectivity index (χ3v) is 8.32. The van der Waals surface area contributed by atoms with Crippen molar-refractivity contribution in [1.82, 2.24) is 5.32 Å². The fourth-order valence-electron chi connectivity index (χ4n) is 6.18. The van der Waals surface area contributed by atoms with E-state index in [1.165, 1.54) is 32.2 Å². The minimum absolute atomic E-state index is 0.0649. The van der Waals surface area contributed by atoms with Crippen molar-refractivity contribution < 1.29 is 63.8 Å². The molecule has 2 aromatic rings. The van der Waals surface area contributed by atoms with Gasteiger partial charge in [0.15, 0.2) is 17.9 Å². The van der Waals surface area contributed by atoms with Gasteiger partial charge in [0.2, 0.25) is 11.7 Å². The Kier molecular flexibility index (Phi) is 8.48. The number of phenolic OH excluding ortho intramolecular Hbond substituents is 2. The van der Waals surface area contributed by atoms with E-state index in [2.05, 4.69) is 10.2 Å². The lowest BCUT2D eigenvalue weighted by molar-refractivity contribution is -0.249. The van der Waals surface area contributed by atoms with Gasteiger partial charge >= 0.3 is 0 Å². The van der Waals surface area contributed by atoms with E-state index in [1.54, 1.807) is 0 Å². The van der Waals surface area contributed by atoms with Crippen molar-refractivity contribution in [3.8, 4) is 17.2 Å². The van der Waals surface area contributed by atoms with Gasteiger partial charge in [-0.25, -0.2) is 5.90 Å². The number of rotatable bonds is 8. The van der Waals surface area contributed by atoms with Gasteiger partial charge in [-0.15, -0.1) is 0 Å². The number of aliphatic hydroxyl groups is 3. The molecule has 1 fully saturated rings. The largest absolute Gasteiger partial charge is 0.507 e. The molecular weight excluding hydrogens is 584 g/mol. The van der Waals surface area contributed by atoms with Gasteiger partial charge in [-0.3, -0.25) is 24.0 Å². The number of carbonyl (C=O) groups is 4. The van der Waals surface area contributed by atoms with Crippen molar-refractivity contribution in [3.63, 3.8) is 0 Å². The molecule has 1 amide bonds. The Bertz CT molecular complexity index is 1540. The molecule has 0 saturated carbocycles. The first-order valence-corrected chi connectivity index (χ1v) is 13.7. The molecule has 0 radical (unpaired) electrons. The second-order valence-electron chi connectivity index (χ2n) is 11.0. The van der Waals surface area contributed by atoms with Gasteiger partial charge in [-0.05, 0) is 13.0 Å². The molecule has 2 aliphatic carbocycles. The molecule has 6 atom stereocenters. The Morgan fingerprint density at radius 3 is 2.50 bits per heavy atom. The highest BCUT2D eigenvalue weighted by atomic mass is 16.7. The van der Waals surface area contributed by atoms with Gasteiger partial charge in [-0.2, -0.15) is 0 Å². The fourth-order valence-corrected chi connectivity index (χ4v) is 6.18. The molecule has 2 aromatic carbocycles. The van der Waals surface area contributed by atoms with Gasteiger partial charge in [0.05, 0.1) is 42.0 Å². The van der Waals surface area contributed by atoms with Crippen LogP contribution in [0, 0.1) is 0 Å². The normalized spacial score (nSPS) is 27.6. The number of carbonyl (C=O) groups excluding carboxylic acids is 4. The van der Waals surface area contributed by atoms with E-state index in [4.69, 9.17) is 20.1 Å². The minimum atomic E-state index is -2.32. The summed E-state index contributed by atoms with van der Waals surface area (Å²) < 4.78 is 17.2. The first-order valence-electron chi connectivity index (χ1n) is 13.7. The predicted octanol–water partition coefficient (Wildman–Crippen LogP) is -0.951. The highest BCUT2D eigenvalue weighted by Crippen LogP contribution is 2.52. The smallest absolute Gasteiger partial charge is 0.248 e. The number of nitrogens with two attached hydrogens (primary N) is 1. The summed E-state index contributed by atoms with van der Waals surface area (Å²) in [5, 5.41) is 57.1. The number of methoxy groups -OCH3 is 1. The molecule has 0 spiro atoms. The number of nitrogens with one attached hydrogen (secondary N) is 1. The Morgan fingerprint density at radius 1 is 1.14 bits per heavy atom. The number of phenols is 2. The van der Waals surface area contributed by atoms with Crippen LogP contribution in [-0.4, -0.2) is 99.3 Å². The number of ether oxygens (including phenoxy) is 3. The zero-order valence-electron chi connectivity index (χ0n) is 23.7. The molecule has 15 nitrogen and oxygen atoms in total. The number of fused-ring (bicyclic) bond motifs is 3. The summed E-state index contributed by atoms with van der Waals surface area (Å²) >= 11 is 0. The van der Waals surface area contributed by atoms with Crippen LogP contribution in [0.15, 0.2) is 18.2 Å². The van der Waals surface area contributed by atoms with E-state index < -0.39 is 108 Å². The van der Waals surface area contributed by atoms with Crippen molar-refractivity contribution in [2.75, 3.05) is 20.3 Å². The van der Waals surface area contributed by atoms with Crippen molar-refractivity contribution >= 4 is 23.3 Å². The lowest BCUT2D eigenvalue weighted by Gasteiger charge is -2.42. The summed E-state index contributed by atoms with van der Waals surface area (Å²) in [7, 11) is 1.30. The maximum absolute atomic E-state index is 13.8. The standard InChI is InChI=1S/C29H32N2O13/c1-11-24(35)14(31-18(34)10-42-30)6-19(43-11)44-16-8-29(40,17(33)9-32)7-13-21(16)28(39)23-22(26(13)37)25(36)12-4-3-5-15(41-2)20(12)27(23)38/h3-5,11,14,16,19,24,32,35,37,39-40H,6-10,30H2,1-2H3,(H,31,34)/t11?,14?,16-,19?,24?,29-/m0/s1. The summed E-state index contributed by atoms with van der Waals surface area (Å²) in [5.74, 6) is 0.266. The van der Waals surface area contributed by atoms with Gasteiger partial charge < -0.3 is 45.1 Å². The third-order valence-electron chi connectivity index (χ3n) is 8.32. The van der Waals surface area contributed by atoms with Crippen molar-refractivity contribution in [1.29, 1.82) is 0 Å².